The first-order valence-electron chi connectivity index (χ1n) is 5.30. The number of nitrogens with one attached hydrogen (secondary N) is 1. The highest BCUT2D eigenvalue weighted by atomic mass is 16.5. The van der Waals surface area contributed by atoms with E-state index in [-0.39, 0.29) is 6.54 Å². The Balaban J connectivity index is 3.68. The van der Waals surface area contributed by atoms with Crippen LogP contribution in [0.25, 0.3) is 0 Å². The van der Waals surface area contributed by atoms with Gasteiger partial charge in [0.05, 0.1) is 6.54 Å². The van der Waals surface area contributed by atoms with E-state index >= 15 is 0 Å². The number of unbranched alkanes of at least 4 members (excludes halogenated alkanes) is 1. The van der Waals surface area contributed by atoms with Crippen molar-refractivity contribution in [2.75, 3.05) is 13.1 Å². The molecule has 0 radical (unpaired) electrons. The highest BCUT2D eigenvalue weighted by molar-refractivity contribution is 5.72. The minimum absolute atomic E-state index is 0.136. The molecule has 0 aromatic carbocycles. The monoisotopic (exact) mass is 247 g/mol. The number of rotatable bonds is 9. The van der Waals surface area contributed by atoms with Gasteiger partial charge in [-0.25, -0.2) is 5.84 Å². The van der Waals surface area contributed by atoms with E-state index in [1.54, 1.807) is 0 Å². The molecule has 0 aliphatic heterocycles. The Morgan fingerprint density at radius 3 is 2.65 bits per heavy atom. The fourth-order valence-corrected chi connectivity index (χ4v) is 1.20. The third-order valence-corrected chi connectivity index (χ3v) is 2.11. The molecule has 0 aromatic rings. The van der Waals surface area contributed by atoms with Gasteiger partial charge in [0.25, 0.3) is 0 Å². The molecule has 100 valence electrons. The number of aliphatic carboxylic acids is 1. The number of carboxylic acids is 1. The molecule has 0 bridgehead atoms. The second-order valence-corrected chi connectivity index (χ2v) is 3.72. The molecule has 0 aliphatic rings. The van der Waals surface area contributed by atoms with Crippen molar-refractivity contribution in [1.82, 2.24) is 10.5 Å². The van der Waals surface area contributed by atoms with Gasteiger partial charge in [-0.2, -0.15) is 5.48 Å². The number of hydrogen-bond donors (Lipinski definition) is 6. The van der Waals surface area contributed by atoms with Gasteiger partial charge in [-0.15, -0.1) is 0 Å². The SMILES string of the molecule is N/C(=C\N(N)CCCCC(N)C(=O)O)CNO. The van der Waals surface area contributed by atoms with Gasteiger partial charge in [-0.05, 0) is 19.3 Å². The van der Waals surface area contributed by atoms with Gasteiger partial charge in [0.1, 0.15) is 6.04 Å². The van der Waals surface area contributed by atoms with Crippen molar-refractivity contribution in [3.05, 3.63) is 11.9 Å². The Labute approximate surface area is 100.0 Å². The van der Waals surface area contributed by atoms with Crippen LogP contribution in [-0.2, 0) is 4.79 Å². The molecular weight excluding hydrogens is 226 g/mol. The summed E-state index contributed by atoms with van der Waals surface area (Å²) < 4.78 is 0. The van der Waals surface area contributed by atoms with Crippen LogP contribution in [0, 0.1) is 0 Å². The third-order valence-electron chi connectivity index (χ3n) is 2.11. The highest BCUT2D eigenvalue weighted by Crippen LogP contribution is 2.00. The van der Waals surface area contributed by atoms with Crippen molar-refractivity contribution >= 4 is 5.97 Å². The number of hydrogen-bond acceptors (Lipinski definition) is 7. The average Bonchev–Trinajstić information content (AvgIpc) is 2.24. The Morgan fingerprint density at radius 1 is 1.47 bits per heavy atom. The molecular formula is C9H21N5O3. The topological polar surface area (TPSA) is 151 Å². The molecule has 1 atom stereocenters. The van der Waals surface area contributed by atoms with Crippen LogP contribution in [0.3, 0.4) is 0 Å². The molecule has 0 saturated heterocycles. The van der Waals surface area contributed by atoms with Gasteiger partial charge in [0.15, 0.2) is 0 Å². The second kappa shape index (κ2) is 8.76. The van der Waals surface area contributed by atoms with E-state index in [0.717, 1.165) is 0 Å². The number of nitrogens with two attached hydrogens (primary N) is 3. The van der Waals surface area contributed by atoms with Crippen molar-refractivity contribution in [3.8, 4) is 0 Å². The lowest BCUT2D eigenvalue weighted by Crippen LogP contribution is -2.31. The highest BCUT2D eigenvalue weighted by Gasteiger charge is 2.10. The molecule has 0 fully saturated rings. The Kier molecular flexibility index (Phi) is 8.07. The molecule has 0 aromatic heterocycles. The number of hydrazine groups is 1. The molecule has 9 N–H and O–H groups in total. The van der Waals surface area contributed by atoms with Crippen LogP contribution in [0.1, 0.15) is 19.3 Å². The minimum Gasteiger partial charge on any atom is -0.480 e. The lowest BCUT2D eigenvalue weighted by Gasteiger charge is -2.15. The first kappa shape index (κ1) is 15.7. The van der Waals surface area contributed by atoms with Crippen LogP contribution in [0.2, 0.25) is 0 Å². The first-order valence-corrected chi connectivity index (χ1v) is 5.30. The van der Waals surface area contributed by atoms with Crippen LogP contribution < -0.4 is 22.8 Å². The second-order valence-electron chi connectivity index (χ2n) is 3.72. The van der Waals surface area contributed by atoms with Crippen molar-refractivity contribution < 1.29 is 15.1 Å². The predicted molar refractivity (Wildman–Crippen MR) is 62.4 cm³/mol. The molecule has 8 nitrogen and oxygen atoms in total. The normalized spacial score (nSPS) is 13.5. The Bertz CT molecular complexity index is 259. The molecule has 0 rings (SSSR count). The predicted octanol–water partition coefficient (Wildman–Crippen LogP) is -1.48. The molecule has 0 heterocycles. The average molecular weight is 247 g/mol. The van der Waals surface area contributed by atoms with Crippen molar-refractivity contribution in [2.24, 2.45) is 17.3 Å². The zero-order chi connectivity index (χ0) is 13.3. The summed E-state index contributed by atoms with van der Waals surface area (Å²) in [6.45, 7) is 0.677. The molecule has 0 amide bonds. The Hall–Kier alpha value is -1.35. The van der Waals surface area contributed by atoms with Crippen molar-refractivity contribution in [1.29, 1.82) is 0 Å². The molecule has 0 aliphatic carbocycles. The van der Waals surface area contributed by atoms with E-state index in [1.165, 1.54) is 11.2 Å². The van der Waals surface area contributed by atoms with Crippen LogP contribution in [0.4, 0.5) is 0 Å². The van der Waals surface area contributed by atoms with Gasteiger partial charge in [0.2, 0.25) is 0 Å². The van der Waals surface area contributed by atoms with E-state index in [2.05, 4.69) is 0 Å². The van der Waals surface area contributed by atoms with E-state index in [0.29, 0.717) is 31.5 Å². The summed E-state index contributed by atoms with van der Waals surface area (Å²) in [6, 6.07) is -0.819. The third kappa shape index (κ3) is 8.46. The first-order chi connectivity index (χ1) is 7.97. The smallest absolute Gasteiger partial charge is 0.320 e. The van der Waals surface area contributed by atoms with E-state index in [9.17, 15) is 4.79 Å². The van der Waals surface area contributed by atoms with Crippen LogP contribution in [0.15, 0.2) is 11.9 Å². The van der Waals surface area contributed by atoms with E-state index in [4.69, 9.17) is 27.6 Å². The number of carbonyl (C=O) groups is 1. The van der Waals surface area contributed by atoms with Gasteiger partial charge in [0, 0.05) is 18.4 Å². The van der Waals surface area contributed by atoms with Crippen molar-refractivity contribution in [3.63, 3.8) is 0 Å². The summed E-state index contributed by atoms with van der Waals surface area (Å²) in [5, 5.41) is 18.3. The van der Waals surface area contributed by atoms with Gasteiger partial charge in [-0.3, -0.25) is 4.79 Å². The van der Waals surface area contributed by atoms with Gasteiger partial charge >= 0.3 is 5.97 Å². The minimum atomic E-state index is -0.993. The molecule has 8 heteroatoms. The van der Waals surface area contributed by atoms with E-state index < -0.39 is 12.0 Å². The van der Waals surface area contributed by atoms with Crippen molar-refractivity contribution in [2.45, 2.75) is 25.3 Å². The summed E-state index contributed by atoms with van der Waals surface area (Å²) >= 11 is 0. The quantitative estimate of drug-likeness (QED) is 0.164. The lowest BCUT2D eigenvalue weighted by molar-refractivity contribution is -0.138. The van der Waals surface area contributed by atoms with Crippen LogP contribution in [-0.4, -0.2) is 40.4 Å². The lowest BCUT2D eigenvalue weighted by atomic mass is 10.1. The Morgan fingerprint density at radius 2 is 2.12 bits per heavy atom. The van der Waals surface area contributed by atoms with Gasteiger partial charge in [-0.1, -0.05) is 0 Å². The maximum Gasteiger partial charge on any atom is 0.320 e. The number of nitrogens with zero attached hydrogens (tertiary/aromatic N) is 1. The van der Waals surface area contributed by atoms with E-state index in [1.807, 2.05) is 5.48 Å². The summed E-state index contributed by atoms with van der Waals surface area (Å²) in [5.74, 6) is 4.61. The molecule has 0 saturated carbocycles. The zero-order valence-corrected chi connectivity index (χ0v) is 9.67. The molecule has 17 heavy (non-hydrogen) atoms. The summed E-state index contributed by atoms with van der Waals surface area (Å²) in [7, 11) is 0. The summed E-state index contributed by atoms with van der Waals surface area (Å²) in [6.07, 6.45) is 3.31. The number of carboxylic acid groups (broad SMARTS) is 1. The van der Waals surface area contributed by atoms with Crippen LogP contribution in [0.5, 0.6) is 0 Å². The maximum absolute atomic E-state index is 10.4. The fourth-order valence-electron chi connectivity index (χ4n) is 1.20. The molecule has 1 unspecified atom stereocenters. The van der Waals surface area contributed by atoms with Gasteiger partial charge < -0.3 is 26.8 Å². The summed E-state index contributed by atoms with van der Waals surface area (Å²) in [4.78, 5) is 10.4. The van der Waals surface area contributed by atoms with Crippen LogP contribution >= 0.6 is 0 Å². The fraction of sp³-hybridized carbons (Fsp3) is 0.667. The zero-order valence-electron chi connectivity index (χ0n) is 9.67. The maximum atomic E-state index is 10.4. The standard InChI is InChI=1S/C9H21N5O3/c10-7(5-13-17)6-14(12)4-2-1-3-8(11)9(15)16/h6,8,13,17H,1-5,10-12H2,(H,15,16)/b7-6-. The molecule has 0 spiro atoms. The number of hydroxylamine groups is 1. The largest absolute Gasteiger partial charge is 0.480 e. The summed E-state index contributed by atoms with van der Waals surface area (Å²) in [5.41, 5.74) is 13.1.